The average molecular weight is 420 g/mol. The Morgan fingerprint density at radius 3 is 2.75 bits per heavy atom. The monoisotopic (exact) mass is 419 g/mol. The molecule has 1 atom stereocenters. The highest BCUT2D eigenvalue weighted by Gasteiger charge is 2.35. The number of ether oxygens (including phenoxy) is 1. The molecule has 3 rings (SSSR count). The Morgan fingerprint density at radius 1 is 1.36 bits per heavy atom. The normalized spacial score (nSPS) is 16.6. The molecule has 2 aromatic rings. The van der Waals surface area contributed by atoms with Crippen molar-refractivity contribution in [3.63, 3.8) is 0 Å². The zero-order valence-electron chi connectivity index (χ0n) is 15.6. The summed E-state index contributed by atoms with van der Waals surface area (Å²) >= 11 is 3.28. The van der Waals surface area contributed by atoms with Crippen molar-refractivity contribution in [1.82, 2.24) is 15.2 Å². The Hall–Kier alpha value is -2.39. The molecule has 7 nitrogen and oxygen atoms in total. The Morgan fingerprint density at radius 2 is 2.11 bits per heavy atom. The van der Waals surface area contributed by atoms with E-state index < -0.39 is 12.0 Å². The predicted molar refractivity (Wildman–Crippen MR) is 107 cm³/mol. The first-order chi connectivity index (χ1) is 13.5. The molecule has 0 spiro atoms. The van der Waals surface area contributed by atoms with Crippen LogP contribution < -0.4 is 5.32 Å². The number of carbonyl (C=O) groups excluding carboxylic acids is 3. The predicted octanol–water partition coefficient (Wildman–Crippen LogP) is 2.25. The van der Waals surface area contributed by atoms with Gasteiger partial charge in [-0.2, -0.15) is 0 Å². The van der Waals surface area contributed by atoms with Gasteiger partial charge in [0, 0.05) is 34.7 Å². The van der Waals surface area contributed by atoms with Gasteiger partial charge in [0.15, 0.2) is 0 Å². The second-order valence-electron chi connectivity index (χ2n) is 6.26. The first kappa shape index (κ1) is 20.3. The summed E-state index contributed by atoms with van der Waals surface area (Å²) in [5.41, 5.74) is 1.52. The number of carbonyl (C=O) groups is 3. The van der Waals surface area contributed by atoms with Gasteiger partial charge in [0.2, 0.25) is 5.91 Å². The van der Waals surface area contributed by atoms with Gasteiger partial charge in [-0.1, -0.05) is 0 Å². The molecule has 28 heavy (non-hydrogen) atoms. The lowest BCUT2D eigenvalue weighted by molar-refractivity contribution is -0.145. The van der Waals surface area contributed by atoms with Crippen LogP contribution in [0.5, 0.6) is 0 Å². The molecule has 1 fully saturated rings. The van der Waals surface area contributed by atoms with Gasteiger partial charge in [0.25, 0.3) is 5.91 Å². The van der Waals surface area contributed by atoms with E-state index in [1.807, 2.05) is 24.4 Å². The highest BCUT2D eigenvalue weighted by atomic mass is 32.2. The van der Waals surface area contributed by atoms with Gasteiger partial charge in [-0.3, -0.25) is 14.4 Å². The third kappa shape index (κ3) is 4.90. The summed E-state index contributed by atoms with van der Waals surface area (Å²) in [6, 6.07) is 6.42. The first-order valence-electron chi connectivity index (χ1n) is 8.77. The van der Waals surface area contributed by atoms with Crippen molar-refractivity contribution in [2.24, 2.45) is 0 Å². The summed E-state index contributed by atoms with van der Waals surface area (Å²) in [6.07, 6.45) is -0.158. The highest BCUT2D eigenvalue weighted by Crippen LogP contribution is 2.24. The standard InChI is InChI=1S/C19H21N3O4S2/c1-12-21-14(10-27-12)11-28-15-5-3-13(4-6-15)19(25)22-8-7-20-18(24)16(22)9-17(23)26-2/h3-6,10,16H,7-9,11H2,1-2H3,(H,20,24). The number of nitrogens with one attached hydrogen (secondary N) is 1. The summed E-state index contributed by atoms with van der Waals surface area (Å²) < 4.78 is 4.65. The van der Waals surface area contributed by atoms with Crippen molar-refractivity contribution in [3.8, 4) is 0 Å². The summed E-state index contributed by atoms with van der Waals surface area (Å²) in [4.78, 5) is 43.6. The Bertz CT molecular complexity index is 866. The van der Waals surface area contributed by atoms with E-state index in [0.29, 0.717) is 18.7 Å². The quantitative estimate of drug-likeness (QED) is 0.571. The van der Waals surface area contributed by atoms with Gasteiger partial charge >= 0.3 is 5.97 Å². The van der Waals surface area contributed by atoms with E-state index in [4.69, 9.17) is 0 Å². The van der Waals surface area contributed by atoms with Crippen LogP contribution in [0, 0.1) is 6.92 Å². The van der Waals surface area contributed by atoms with E-state index in [2.05, 4.69) is 15.0 Å². The minimum atomic E-state index is -0.851. The number of benzene rings is 1. The summed E-state index contributed by atoms with van der Waals surface area (Å²) in [5, 5.41) is 5.78. The maximum atomic E-state index is 12.9. The van der Waals surface area contributed by atoms with Crippen molar-refractivity contribution >= 4 is 40.9 Å². The van der Waals surface area contributed by atoms with Gasteiger partial charge in [-0.15, -0.1) is 23.1 Å². The summed E-state index contributed by atoms with van der Waals surface area (Å²) in [6.45, 7) is 2.70. The molecule has 0 aliphatic carbocycles. The topological polar surface area (TPSA) is 88.6 Å². The SMILES string of the molecule is COC(=O)CC1C(=O)NCCN1C(=O)c1ccc(SCc2csc(C)n2)cc1. The van der Waals surface area contributed by atoms with E-state index in [9.17, 15) is 14.4 Å². The summed E-state index contributed by atoms with van der Waals surface area (Å²) in [7, 11) is 1.26. The van der Waals surface area contributed by atoms with Crippen molar-refractivity contribution < 1.29 is 19.1 Å². The fourth-order valence-electron chi connectivity index (χ4n) is 2.89. The molecule has 1 N–H and O–H groups in total. The average Bonchev–Trinajstić information content (AvgIpc) is 3.13. The molecule has 1 aliphatic heterocycles. The number of methoxy groups -OCH3 is 1. The number of aryl methyl sites for hydroxylation is 1. The van der Waals surface area contributed by atoms with Crippen molar-refractivity contribution in [3.05, 3.63) is 45.9 Å². The molecule has 1 aromatic carbocycles. The number of thiazole rings is 1. The number of hydrogen-bond acceptors (Lipinski definition) is 7. The molecule has 2 heterocycles. The van der Waals surface area contributed by atoms with E-state index in [1.165, 1.54) is 12.0 Å². The van der Waals surface area contributed by atoms with Gasteiger partial charge in [-0.05, 0) is 31.2 Å². The molecule has 1 aliphatic rings. The van der Waals surface area contributed by atoms with Crippen LogP contribution in [0.15, 0.2) is 34.5 Å². The van der Waals surface area contributed by atoms with Crippen LogP contribution in [0.1, 0.15) is 27.5 Å². The minimum Gasteiger partial charge on any atom is -0.469 e. The first-order valence-corrected chi connectivity index (χ1v) is 10.6. The zero-order valence-corrected chi connectivity index (χ0v) is 17.3. The minimum absolute atomic E-state index is 0.158. The number of nitrogens with zero attached hydrogens (tertiary/aromatic N) is 2. The van der Waals surface area contributed by atoms with E-state index >= 15 is 0 Å². The number of aromatic nitrogens is 1. The van der Waals surface area contributed by atoms with Crippen molar-refractivity contribution in [2.45, 2.75) is 30.0 Å². The highest BCUT2D eigenvalue weighted by molar-refractivity contribution is 7.98. The number of rotatable bonds is 6. The van der Waals surface area contributed by atoms with Crippen LogP contribution in [0.25, 0.3) is 0 Å². The third-order valence-corrected chi connectivity index (χ3v) is 6.20. The van der Waals surface area contributed by atoms with Crippen LogP contribution >= 0.6 is 23.1 Å². The van der Waals surface area contributed by atoms with Gasteiger partial charge in [0.1, 0.15) is 6.04 Å². The molecule has 9 heteroatoms. The Kier molecular flexibility index (Phi) is 6.69. The molecule has 148 valence electrons. The fraction of sp³-hybridized carbons (Fsp3) is 0.368. The molecule has 0 bridgehead atoms. The lowest BCUT2D eigenvalue weighted by Gasteiger charge is -2.34. The molecule has 1 aromatic heterocycles. The second-order valence-corrected chi connectivity index (χ2v) is 8.37. The molecule has 0 saturated carbocycles. The van der Waals surface area contributed by atoms with Crippen LogP contribution in [0.4, 0.5) is 0 Å². The molecular formula is C19H21N3O4S2. The molecule has 0 radical (unpaired) electrons. The van der Waals surface area contributed by atoms with Crippen LogP contribution in [-0.4, -0.2) is 53.9 Å². The number of piperazine rings is 1. The number of hydrogen-bond donors (Lipinski definition) is 1. The van der Waals surface area contributed by atoms with Gasteiger partial charge in [0.05, 0.1) is 24.2 Å². The maximum Gasteiger partial charge on any atom is 0.308 e. The fourth-order valence-corrected chi connectivity index (χ4v) is 4.40. The Labute approximate surface area is 171 Å². The third-order valence-electron chi connectivity index (χ3n) is 4.33. The number of amides is 2. The van der Waals surface area contributed by atoms with Crippen molar-refractivity contribution in [1.29, 1.82) is 0 Å². The molecule has 1 saturated heterocycles. The molecule has 2 amide bonds. The van der Waals surface area contributed by atoms with Crippen LogP contribution in [0.3, 0.4) is 0 Å². The smallest absolute Gasteiger partial charge is 0.308 e. The lowest BCUT2D eigenvalue weighted by Crippen LogP contribution is -2.57. The van der Waals surface area contributed by atoms with E-state index in [0.717, 1.165) is 21.3 Å². The lowest BCUT2D eigenvalue weighted by atomic mass is 10.1. The number of thioether (sulfide) groups is 1. The second kappa shape index (κ2) is 9.20. The summed E-state index contributed by atoms with van der Waals surface area (Å²) in [5.74, 6) is -0.361. The largest absolute Gasteiger partial charge is 0.469 e. The van der Waals surface area contributed by atoms with Crippen LogP contribution in [0.2, 0.25) is 0 Å². The Balaban J connectivity index is 1.66. The zero-order chi connectivity index (χ0) is 20.1. The van der Waals surface area contributed by atoms with E-state index in [-0.39, 0.29) is 18.2 Å². The van der Waals surface area contributed by atoms with Crippen LogP contribution in [-0.2, 0) is 20.1 Å². The molecular weight excluding hydrogens is 398 g/mol. The van der Waals surface area contributed by atoms with E-state index in [1.54, 1.807) is 35.2 Å². The van der Waals surface area contributed by atoms with Gasteiger partial charge < -0.3 is 15.0 Å². The number of esters is 1. The maximum absolute atomic E-state index is 12.9. The van der Waals surface area contributed by atoms with Crippen molar-refractivity contribution in [2.75, 3.05) is 20.2 Å². The van der Waals surface area contributed by atoms with Gasteiger partial charge in [-0.25, -0.2) is 4.98 Å². The molecule has 1 unspecified atom stereocenters.